The first kappa shape index (κ1) is 16.4. The molecule has 1 heterocycles. The first-order valence-corrected chi connectivity index (χ1v) is 7.95. The molecule has 2 amide bonds. The fourth-order valence-corrected chi connectivity index (χ4v) is 2.51. The van der Waals surface area contributed by atoms with Crippen LogP contribution in [-0.2, 0) is 4.79 Å². The minimum Gasteiger partial charge on any atom is -0.490 e. The van der Waals surface area contributed by atoms with Gasteiger partial charge in [0, 0.05) is 0 Å². The SMILES string of the molecule is CCOc1cc(C=C2SC(=O)NC2=O)ccc1OCC(C)C. The van der Waals surface area contributed by atoms with Crippen LogP contribution in [0.15, 0.2) is 23.1 Å². The summed E-state index contributed by atoms with van der Waals surface area (Å²) in [6.45, 7) is 7.17. The number of thioether (sulfide) groups is 1. The van der Waals surface area contributed by atoms with Crippen LogP contribution in [0.3, 0.4) is 0 Å². The average molecular weight is 321 g/mol. The van der Waals surface area contributed by atoms with Crippen LogP contribution < -0.4 is 14.8 Å². The van der Waals surface area contributed by atoms with Gasteiger partial charge in [-0.2, -0.15) is 0 Å². The Bertz CT molecular complexity index is 610. The zero-order valence-electron chi connectivity index (χ0n) is 12.8. The van der Waals surface area contributed by atoms with Crippen molar-refractivity contribution in [3.63, 3.8) is 0 Å². The van der Waals surface area contributed by atoms with E-state index in [4.69, 9.17) is 9.47 Å². The molecule has 1 aliphatic rings. The van der Waals surface area contributed by atoms with E-state index in [1.807, 2.05) is 25.1 Å². The van der Waals surface area contributed by atoms with Crippen LogP contribution in [0.2, 0.25) is 0 Å². The fraction of sp³-hybridized carbons (Fsp3) is 0.375. The normalized spacial score (nSPS) is 16.3. The van der Waals surface area contributed by atoms with Crippen molar-refractivity contribution in [3.8, 4) is 11.5 Å². The first-order valence-electron chi connectivity index (χ1n) is 7.14. The van der Waals surface area contributed by atoms with Gasteiger partial charge in [-0.15, -0.1) is 0 Å². The molecule has 0 aliphatic carbocycles. The van der Waals surface area contributed by atoms with Gasteiger partial charge in [0.25, 0.3) is 11.1 Å². The van der Waals surface area contributed by atoms with Gasteiger partial charge in [0.15, 0.2) is 11.5 Å². The molecule has 22 heavy (non-hydrogen) atoms. The maximum atomic E-state index is 11.6. The number of amides is 2. The highest BCUT2D eigenvalue weighted by Crippen LogP contribution is 2.32. The van der Waals surface area contributed by atoms with Gasteiger partial charge in [0.05, 0.1) is 18.1 Å². The Balaban J connectivity index is 2.23. The summed E-state index contributed by atoms with van der Waals surface area (Å²) >= 11 is 0.896. The van der Waals surface area contributed by atoms with E-state index in [1.54, 1.807) is 6.08 Å². The highest BCUT2D eigenvalue weighted by Gasteiger charge is 2.25. The van der Waals surface area contributed by atoms with Crippen LogP contribution in [0.4, 0.5) is 4.79 Å². The third-order valence-corrected chi connectivity index (χ3v) is 3.59. The molecule has 0 spiro atoms. The monoisotopic (exact) mass is 321 g/mol. The summed E-state index contributed by atoms with van der Waals surface area (Å²) < 4.78 is 11.3. The fourth-order valence-electron chi connectivity index (χ4n) is 1.83. The Morgan fingerprint density at radius 1 is 1.23 bits per heavy atom. The molecule has 1 fully saturated rings. The Hall–Kier alpha value is -1.95. The number of hydrogen-bond donors (Lipinski definition) is 1. The molecule has 0 atom stereocenters. The Labute approximate surface area is 134 Å². The number of benzene rings is 1. The number of carbonyl (C=O) groups excluding carboxylic acids is 2. The van der Waals surface area contributed by atoms with Crippen molar-refractivity contribution in [2.45, 2.75) is 20.8 Å². The van der Waals surface area contributed by atoms with Crippen molar-refractivity contribution in [2.75, 3.05) is 13.2 Å². The minimum absolute atomic E-state index is 0.349. The molecule has 1 aliphatic heterocycles. The lowest BCUT2D eigenvalue weighted by Crippen LogP contribution is -2.17. The third-order valence-electron chi connectivity index (χ3n) is 2.78. The zero-order chi connectivity index (χ0) is 16.1. The van der Waals surface area contributed by atoms with Crippen LogP contribution in [-0.4, -0.2) is 24.4 Å². The summed E-state index contributed by atoms with van der Waals surface area (Å²) in [5.74, 6) is 1.36. The second-order valence-electron chi connectivity index (χ2n) is 5.20. The molecule has 1 aromatic carbocycles. The molecule has 0 bridgehead atoms. The molecule has 2 rings (SSSR count). The van der Waals surface area contributed by atoms with E-state index >= 15 is 0 Å². The van der Waals surface area contributed by atoms with Gasteiger partial charge in [-0.3, -0.25) is 14.9 Å². The molecule has 0 unspecified atom stereocenters. The number of hydrogen-bond acceptors (Lipinski definition) is 5. The Morgan fingerprint density at radius 3 is 2.59 bits per heavy atom. The van der Waals surface area contributed by atoms with Crippen LogP contribution in [0.5, 0.6) is 11.5 Å². The summed E-state index contributed by atoms with van der Waals surface area (Å²) in [5, 5.41) is 1.88. The second-order valence-corrected chi connectivity index (χ2v) is 6.21. The number of ether oxygens (including phenoxy) is 2. The number of rotatable bonds is 6. The van der Waals surface area contributed by atoms with Gasteiger partial charge < -0.3 is 9.47 Å². The van der Waals surface area contributed by atoms with Crippen molar-refractivity contribution in [3.05, 3.63) is 28.7 Å². The van der Waals surface area contributed by atoms with Crippen LogP contribution in [0, 0.1) is 5.92 Å². The smallest absolute Gasteiger partial charge is 0.290 e. The average Bonchev–Trinajstić information content (AvgIpc) is 2.76. The van der Waals surface area contributed by atoms with Crippen LogP contribution in [0.1, 0.15) is 26.3 Å². The van der Waals surface area contributed by atoms with E-state index in [-0.39, 0.29) is 11.1 Å². The second kappa shape index (κ2) is 7.35. The summed E-state index contributed by atoms with van der Waals surface area (Å²) in [4.78, 5) is 23.1. The molecule has 5 nitrogen and oxygen atoms in total. The molecule has 0 saturated carbocycles. The lowest BCUT2D eigenvalue weighted by atomic mass is 10.2. The zero-order valence-corrected chi connectivity index (χ0v) is 13.7. The predicted molar refractivity (Wildman–Crippen MR) is 87.1 cm³/mol. The molecule has 6 heteroatoms. The van der Waals surface area contributed by atoms with Crippen molar-refractivity contribution in [2.24, 2.45) is 5.92 Å². The molecule has 0 aromatic heterocycles. The molecule has 1 aromatic rings. The predicted octanol–water partition coefficient (Wildman–Crippen LogP) is 3.44. The van der Waals surface area contributed by atoms with E-state index in [9.17, 15) is 9.59 Å². The van der Waals surface area contributed by atoms with Crippen LogP contribution >= 0.6 is 11.8 Å². The molecular formula is C16H19NO4S. The molecule has 0 radical (unpaired) electrons. The van der Waals surface area contributed by atoms with Gasteiger partial charge in [-0.1, -0.05) is 19.9 Å². The van der Waals surface area contributed by atoms with E-state index in [0.717, 1.165) is 17.3 Å². The van der Waals surface area contributed by atoms with Gasteiger partial charge >= 0.3 is 0 Å². The van der Waals surface area contributed by atoms with Crippen molar-refractivity contribution >= 4 is 29.0 Å². The summed E-state index contributed by atoms with van der Waals surface area (Å²) in [5.41, 5.74) is 0.785. The van der Waals surface area contributed by atoms with Crippen LogP contribution in [0.25, 0.3) is 6.08 Å². The van der Waals surface area contributed by atoms with E-state index in [2.05, 4.69) is 19.2 Å². The highest BCUT2D eigenvalue weighted by molar-refractivity contribution is 8.18. The molecular weight excluding hydrogens is 302 g/mol. The quantitative estimate of drug-likeness (QED) is 0.813. The maximum absolute atomic E-state index is 11.6. The van der Waals surface area contributed by atoms with Gasteiger partial charge in [0.1, 0.15) is 0 Å². The lowest BCUT2D eigenvalue weighted by Gasteiger charge is -2.14. The summed E-state index contributed by atoms with van der Waals surface area (Å²) in [6, 6.07) is 5.46. The van der Waals surface area contributed by atoms with Crippen molar-refractivity contribution in [1.29, 1.82) is 0 Å². The minimum atomic E-state index is -0.368. The van der Waals surface area contributed by atoms with E-state index in [1.165, 1.54) is 0 Å². The highest BCUT2D eigenvalue weighted by atomic mass is 32.2. The van der Waals surface area contributed by atoms with E-state index in [0.29, 0.717) is 35.5 Å². The summed E-state index contributed by atoms with van der Waals surface area (Å²) in [6.07, 6.45) is 1.67. The largest absolute Gasteiger partial charge is 0.490 e. The first-order chi connectivity index (χ1) is 10.5. The standard InChI is InChI=1S/C16H19NO4S/c1-4-20-13-7-11(5-6-12(13)21-9-10(2)3)8-14-15(18)17-16(19)22-14/h5-8,10H,4,9H2,1-3H3,(H,17,18,19). The topological polar surface area (TPSA) is 64.6 Å². The third kappa shape index (κ3) is 4.27. The van der Waals surface area contributed by atoms with Crippen molar-refractivity contribution < 1.29 is 19.1 Å². The molecule has 118 valence electrons. The van der Waals surface area contributed by atoms with Gasteiger partial charge in [-0.25, -0.2) is 0 Å². The van der Waals surface area contributed by atoms with Gasteiger partial charge in [-0.05, 0) is 48.4 Å². The van der Waals surface area contributed by atoms with Crippen molar-refractivity contribution in [1.82, 2.24) is 5.32 Å². The number of carbonyl (C=O) groups is 2. The van der Waals surface area contributed by atoms with E-state index < -0.39 is 0 Å². The maximum Gasteiger partial charge on any atom is 0.290 e. The molecule has 1 saturated heterocycles. The lowest BCUT2D eigenvalue weighted by molar-refractivity contribution is -0.115. The Kier molecular flexibility index (Phi) is 5.49. The number of imide groups is 1. The molecule has 1 N–H and O–H groups in total. The summed E-state index contributed by atoms with van der Waals surface area (Å²) in [7, 11) is 0. The van der Waals surface area contributed by atoms with Gasteiger partial charge in [0.2, 0.25) is 0 Å². The Morgan fingerprint density at radius 2 is 2.00 bits per heavy atom. The number of nitrogens with one attached hydrogen (secondary N) is 1.